The smallest absolute Gasteiger partial charge is 0.230 e. The van der Waals surface area contributed by atoms with Crippen LogP contribution in [0.2, 0.25) is 0 Å². The number of hydrogen-bond donors (Lipinski definition) is 3. The Morgan fingerprint density at radius 1 is 0.842 bits per heavy atom. The second kappa shape index (κ2) is 9.82. The molecule has 38 heavy (non-hydrogen) atoms. The van der Waals surface area contributed by atoms with Crippen molar-refractivity contribution in [1.29, 1.82) is 0 Å². The van der Waals surface area contributed by atoms with Gasteiger partial charge in [-0.15, -0.1) is 0 Å². The molecule has 1 heterocycles. The Balaban J connectivity index is 1.56. The van der Waals surface area contributed by atoms with Crippen LogP contribution in [0.25, 0.3) is 22.5 Å². The summed E-state index contributed by atoms with van der Waals surface area (Å²) in [6.07, 6.45) is -0.145. The maximum atomic E-state index is 14.1. The van der Waals surface area contributed by atoms with Gasteiger partial charge >= 0.3 is 0 Å². The summed E-state index contributed by atoms with van der Waals surface area (Å²) in [4.78, 5) is 22.0. The lowest BCUT2D eigenvalue weighted by Crippen LogP contribution is -2.21. The molecule has 0 atom stereocenters. The molecule has 0 bridgehead atoms. The first kappa shape index (κ1) is 25.3. The van der Waals surface area contributed by atoms with Gasteiger partial charge in [0.2, 0.25) is 11.7 Å². The zero-order chi connectivity index (χ0) is 27.1. The zero-order valence-corrected chi connectivity index (χ0v) is 19.5. The Kier molecular flexibility index (Phi) is 6.53. The maximum Gasteiger partial charge on any atom is 0.230 e. The first-order valence-corrected chi connectivity index (χ1v) is 11.4. The van der Waals surface area contributed by atoms with Gasteiger partial charge in [0.1, 0.15) is 11.4 Å². The topological polar surface area (TPSA) is 95.3 Å². The van der Waals surface area contributed by atoms with Crippen molar-refractivity contribution in [3.05, 3.63) is 93.9 Å². The molecule has 5 rings (SSSR count). The molecule has 6 nitrogen and oxygen atoms in total. The third-order valence-electron chi connectivity index (χ3n) is 6.24. The van der Waals surface area contributed by atoms with Crippen molar-refractivity contribution in [2.75, 3.05) is 5.32 Å². The summed E-state index contributed by atoms with van der Waals surface area (Å²) in [5.41, 5.74) is 2.81. The van der Waals surface area contributed by atoms with Crippen LogP contribution in [0, 0.1) is 29.1 Å². The van der Waals surface area contributed by atoms with Gasteiger partial charge in [-0.05, 0) is 48.2 Å². The van der Waals surface area contributed by atoms with Crippen LogP contribution in [0.1, 0.15) is 22.4 Å². The number of aliphatic hydroxyl groups is 1. The van der Waals surface area contributed by atoms with Crippen LogP contribution in [0.3, 0.4) is 0 Å². The number of aliphatic hydroxyl groups excluding tert-OH is 1. The number of halogens is 5. The second-order valence-corrected chi connectivity index (χ2v) is 8.69. The van der Waals surface area contributed by atoms with Crippen molar-refractivity contribution < 1.29 is 37.0 Å². The summed E-state index contributed by atoms with van der Waals surface area (Å²) in [6.45, 7) is -0.126. The lowest BCUT2D eigenvalue weighted by molar-refractivity contribution is -0.115. The molecule has 4 aromatic rings. The number of aromatic hydroxyl groups is 1. The fourth-order valence-electron chi connectivity index (χ4n) is 4.35. The molecular weight excluding hydrogens is 509 g/mol. The largest absolute Gasteiger partial charge is 0.508 e. The van der Waals surface area contributed by atoms with Crippen LogP contribution < -0.4 is 5.32 Å². The number of phenolic OH excluding ortho intramolecular Hbond substituents is 1. The van der Waals surface area contributed by atoms with Gasteiger partial charge in [-0.1, -0.05) is 18.2 Å². The molecule has 0 fully saturated rings. The third-order valence-corrected chi connectivity index (χ3v) is 6.24. The van der Waals surface area contributed by atoms with E-state index in [0.29, 0.717) is 29.8 Å². The van der Waals surface area contributed by atoms with E-state index in [0.717, 1.165) is 16.7 Å². The van der Waals surface area contributed by atoms with E-state index < -0.39 is 47.0 Å². The Labute approximate surface area is 212 Å². The molecule has 3 aromatic carbocycles. The molecule has 1 aliphatic rings. The number of anilines is 1. The fraction of sp³-hybridized carbons (Fsp3) is 0.148. The molecular formula is C27H18F5N3O3. The number of phenols is 1. The monoisotopic (exact) mass is 527 g/mol. The van der Waals surface area contributed by atoms with Gasteiger partial charge in [0.25, 0.3) is 0 Å². The van der Waals surface area contributed by atoms with Gasteiger partial charge in [0, 0.05) is 16.7 Å². The summed E-state index contributed by atoms with van der Waals surface area (Å²) in [6, 6.07) is 11.2. The number of amides is 1. The highest BCUT2D eigenvalue weighted by Crippen LogP contribution is 2.36. The molecule has 1 amide bonds. The average molecular weight is 527 g/mol. The third kappa shape index (κ3) is 4.45. The fourth-order valence-corrected chi connectivity index (χ4v) is 4.35. The zero-order valence-electron chi connectivity index (χ0n) is 19.5. The van der Waals surface area contributed by atoms with Crippen molar-refractivity contribution in [3.63, 3.8) is 0 Å². The maximum absolute atomic E-state index is 14.1. The Bertz CT molecular complexity index is 1560. The van der Waals surface area contributed by atoms with Crippen LogP contribution in [0.15, 0.2) is 42.5 Å². The molecule has 1 aliphatic carbocycles. The van der Waals surface area contributed by atoms with Gasteiger partial charge in [-0.3, -0.25) is 4.79 Å². The quantitative estimate of drug-likeness (QED) is 0.193. The van der Waals surface area contributed by atoms with E-state index in [1.807, 2.05) is 6.07 Å². The Morgan fingerprint density at radius 2 is 1.50 bits per heavy atom. The van der Waals surface area contributed by atoms with E-state index in [4.69, 9.17) is 4.98 Å². The SMILES string of the molecule is O=C(Cc1c(F)c(F)c(F)c(F)c1F)Nc1nc2c(nc1-c1ccc(O)cc1)-c1ccc(CO)cc1CC2. The van der Waals surface area contributed by atoms with Crippen LogP contribution >= 0.6 is 0 Å². The number of benzene rings is 3. The van der Waals surface area contributed by atoms with E-state index in [-0.39, 0.29) is 23.9 Å². The van der Waals surface area contributed by atoms with Crippen molar-refractivity contribution in [3.8, 4) is 28.3 Å². The van der Waals surface area contributed by atoms with Gasteiger partial charge in [-0.2, -0.15) is 0 Å². The average Bonchev–Trinajstić information content (AvgIpc) is 2.93. The first-order chi connectivity index (χ1) is 18.2. The Morgan fingerprint density at radius 3 is 2.16 bits per heavy atom. The number of nitrogens with one attached hydrogen (secondary N) is 1. The van der Waals surface area contributed by atoms with Gasteiger partial charge in [0.15, 0.2) is 29.1 Å². The van der Waals surface area contributed by atoms with Gasteiger partial charge in [-0.25, -0.2) is 31.9 Å². The standard InChI is InChI=1S/C27H18F5N3O3/c28-20-17(21(29)23(31)24(32)22(20)30)10-19(38)34-27-25(13-2-5-15(37)6-3-13)35-26-16-7-1-12(11-36)9-14(16)4-8-18(26)33-27/h1-3,5-7,9,36-37H,4,8,10-11H2,(H,33,34,38). The molecule has 0 spiro atoms. The molecule has 1 aromatic heterocycles. The van der Waals surface area contributed by atoms with E-state index in [1.165, 1.54) is 24.3 Å². The highest BCUT2D eigenvalue weighted by molar-refractivity contribution is 5.95. The molecule has 0 saturated carbocycles. The number of fused-ring (bicyclic) bond motifs is 3. The van der Waals surface area contributed by atoms with Crippen LogP contribution in [0.4, 0.5) is 27.8 Å². The molecule has 0 aliphatic heterocycles. The lowest BCUT2D eigenvalue weighted by Gasteiger charge is -2.21. The highest BCUT2D eigenvalue weighted by Gasteiger charge is 2.28. The Hall–Kier alpha value is -4.38. The molecule has 11 heteroatoms. The minimum absolute atomic E-state index is 0.0292. The predicted molar refractivity (Wildman–Crippen MR) is 126 cm³/mol. The van der Waals surface area contributed by atoms with Crippen molar-refractivity contribution in [2.45, 2.75) is 25.9 Å². The normalized spacial score (nSPS) is 12.2. The number of hydrogen-bond acceptors (Lipinski definition) is 5. The van der Waals surface area contributed by atoms with Crippen LogP contribution in [0.5, 0.6) is 5.75 Å². The molecule has 194 valence electrons. The van der Waals surface area contributed by atoms with E-state index in [1.54, 1.807) is 12.1 Å². The number of aromatic nitrogens is 2. The van der Waals surface area contributed by atoms with E-state index >= 15 is 0 Å². The van der Waals surface area contributed by atoms with Crippen molar-refractivity contribution in [1.82, 2.24) is 9.97 Å². The number of carbonyl (C=O) groups is 1. The number of rotatable bonds is 5. The number of nitrogens with zero attached hydrogens (tertiary/aromatic N) is 2. The first-order valence-electron chi connectivity index (χ1n) is 11.4. The van der Waals surface area contributed by atoms with Crippen LogP contribution in [-0.4, -0.2) is 26.1 Å². The predicted octanol–water partition coefficient (Wildman–Crippen LogP) is 4.98. The van der Waals surface area contributed by atoms with Crippen molar-refractivity contribution in [2.24, 2.45) is 0 Å². The van der Waals surface area contributed by atoms with Gasteiger partial charge in [0.05, 0.1) is 24.4 Å². The summed E-state index contributed by atoms with van der Waals surface area (Å²) in [5.74, 6) is -12.0. The second-order valence-electron chi connectivity index (χ2n) is 8.69. The van der Waals surface area contributed by atoms with Crippen LogP contribution in [-0.2, 0) is 30.7 Å². The lowest BCUT2D eigenvalue weighted by atomic mass is 9.90. The minimum Gasteiger partial charge on any atom is -0.508 e. The molecule has 0 radical (unpaired) electrons. The molecule has 0 saturated heterocycles. The minimum atomic E-state index is -2.31. The van der Waals surface area contributed by atoms with Crippen molar-refractivity contribution >= 4 is 11.7 Å². The van der Waals surface area contributed by atoms with E-state index in [9.17, 15) is 37.0 Å². The number of carbonyl (C=O) groups excluding carboxylic acids is 1. The summed E-state index contributed by atoms with van der Waals surface area (Å²) in [5, 5.41) is 21.5. The summed E-state index contributed by atoms with van der Waals surface area (Å²) < 4.78 is 68.9. The highest BCUT2D eigenvalue weighted by atomic mass is 19.2. The molecule has 3 N–H and O–H groups in total. The molecule has 0 unspecified atom stereocenters. The van der Waals surface area contributed by atoms with Gasteiger partial charge < -0.3 is 15.5 Å². The number of aryl methyl sites for hydroxylation is 2. The summed E-state index contributed by atoms with van der Waals surface area (Å²) >= 11 is 0. The summed E-state index contributed by atoms with van der Waals surface area (Å²) in [7, 11) is 0. The van der Waals surface area contributed by atoms with E-state index in [2.05, 4.69) is 10.3 Å².